The summed E-state index contributed by atoms with van der Waals surface area (Å²) in [7, 11) is 0. The SMILES string of the molecule is C/C(O)=C\C=C1/Cc2cc(NCc3ccncc3)ccc2O1. The number of anilines is 1. The second-order valence-corrected chi connectivity index (χ2v) is 5.25. The molecule has 0 unspecified atom stereocenters. The Hall–Kier alpha value is -2.75. The van der Waals surface area contributed by atoms with Gasteiger partial charge < -0.3 is 15.2 Å². The topological polar surface area (TPSA) is 54.4 Å². The van der Waals surface area contributed by atoms with Gasteiger partial charge in [0.1, 0.15) is 11.5 Å². The number of aliphatic hydroxyl groups is 1. The highest BCUT2D eigenvalue weighted by Crippen LogP contribution is 2.33. The van der Waals surface area contributed by atoms with Crippen molar-refractivity contribution in [2.75, 3.05) is 5.32 Å². The maximum Gasteiger partial charge on any atom is 0.130 e. The molecular formula is C18H18N2O2. The quantitative estimate of drug-likeness (QED) is 0.838. The van der Waals surface area contributed by atoms with E-state index >= 15 is 0 Å². The largest absolute Gasteiger partial charge is 0.513 e. The average molecular weight is 294 g/mol. The Morgan fingerprint density at radius 1 is 1.32 bits per heavy atom. The van der Waals surface area contributed by atoms with Crippen LogP contribution < -0.4 is 10.1 Å². The van der Waals surface area contributed by atoms with Crippen LogP contribution in [0.25, 0.3) is 0 Å². The second-order valence-electron chi connectivity index (χ2n) is 5.25. The lowest BCUT2D eigenvalue weighted by Crippen LogP contribution is -1.99. The van der Waals surface area contributed by atoms with Gasteiger partial charge in [-0.2, -0.15) is 0 Å². The van der Waals surface area contributed by atoms with E-state index in [4.69, 9.17) is 4.74 Å². The number of nitrogens with one attached hydrogen (secondary N) is 1. The number of nitrogens with zero attached hydrogens (tertiary/aromatic N) is 1. The van der Waals surface area contributed by atoms with Gasteiger partial charge in [-0.25, -0.2) is 0 Å². The average Bonchev–Trinajstić information content (AvgIpc) is 2.94. The second kappa shape index (κ2) is 6.35. The molecule has 4 nitrogen and oxygen atoms in total. The number of hydrogen-bond acceptors (Lipinski definition) is 4. The van der Waals surface area contributed by atoms with E-state index in [0.29, 0.717) is 0 Å². The number of benzene rings is 1. The molecule has 0 aliphatic carbocycles. The highest BCUT2D eigenvalue weighted by atomic mass is 16.5. The summed E-state index contributed by atoms with van der Waals surface area (Å²) in [5.41, 5.74) is 3.40. The van der Waals surface area contributed by atoms with Gasteiger partial charge in [0.15, 0.2) is 0 Å². The third kappa shape index (κ3) is 3.47. The van der Waals surface area contributed by atoms with Gasteiger partial charge in [-0.05, 0) is 55.0 Å². The first-order chi connectivity index (χ1) is 10.7. The van der Waals surface area contributed by atoms with Crippen molar-refractivity contribution in [3.63, 3.8) is 0 Å². The smallest absolute Gasteiger partial charge is 0.130 e. The van der Waals surface area contributed by atoms with Crippen LogP contribution in [0.4, 0.5) is 5.69 Å². The minimum Gasteiger partial charge on any atom is -0.513 e. The normalized spacial score (nSPS) is 15.5. The van der Waals surface area contributed by atoms with E-state index in [1.165, 1.54) is 5.56 Å². The Morgan fingerprint density at radius 2 is 2.14 bits per heavy atom. The van der Waals surface area contributed by atoms with Crippen LogP contribution in [-0.4, -0.2) is 10.1 Å². The summed E-state index contributed by atoms with van der Waals surface area (Å²) in [6.07, 6.45) is 7.77. The predicted molar refractivity (Wildman–Crippen MR) is 86.8 cm³/mol. The van der Waals surface area contributed by atoms with Crippen molar-refractivity contribution in [2.45, 2.75) is 19.9 Å². The monoisotopic (exact) mass is 294 g/mol. The van der Waals surface area contributed by atoms with Crippen molar-refractivity contribution in [2.24, 2.45) is 0 Å². The van der Waals surface area contributed by atoms with Crippen molar-refractivity contribution in [3.05, 3.63) is 77.5 Å². The number of aliphatic hydroxyl groups excluding tert-OH is 1. The number of pyridine rings is 1. The Bertz CT molecular complexity index is 717. The lowest BCUT2D eigenvalue weighted by Gasteiger charge is -2.07. The molecule has 0 amide bonds. The highest BCUT2D eigenvalue weighted by Gasteiger charge is 2.17. The first-order valence-electron chi connectivity index (χ1n) is 7.21. The Kier molecular flexibility index (Phi) is 4.10. The molecule has 0 atom stereocenters. The number of aromatic nitrogens is 1. The van der Waals surface area contributed by atoms with E-state index in [2.05, 4.69) is 16.4 Å². The van der Waals surface area contributed by atoms with Gasteiger partial charge in [-0.15, -0.1) is 0 Å². The van der Waals surface area contributed by atoms with E-state index in [-0.39, 0.29) is 5.76 Å². The van der Waals surface area contributed by atoms with Crippen LogP contribution in [0, 0.1) is 0 Å². The van der Waals surface area contributed by atoms with Crippen molar-refractivity contribution < 1.29 is 9.84 Å². The fraction of sp³-hybridized carbons (Fsp3) is 0.167. The van der Waals surface area contributed by atoms with Crippen LogP contribution in [0.1, 0.15) is 18.1 Å². The first kappa shape index (κ1) is 14.2. The summed E-state index contributed by atoms with van der Waals surface area (Å²) in [4.78, 5) is 4.01. The zero-order valence-corrected chi connectivity index (χ0v) is 12.4. The molecule has 4 heteroatoms. The van der Waals surface area contributed by atoms with Gasteiger partial charge in [0.25, 0.3) is 0 Å². The molecule has 0 spiro atoms. The fourth-order valence-electron chi connectivity index (χ4n) is 2.30. The molecule has 0 saturated carbocycles. The minimum absolute atomic E-state index is 0.270. The molecule has 2 N–H and O–H groups in total. The van der Waals surface area contributed by atoms with Gasteiger partial charge in [-0.1, -0.05) is 0 Å². The third-order valence-corrected chi connectivity index (χ3v) is 3.42. The highest BCUT2D eigenvalue weighted by molar-refractivity contribution is 5.54. The van der Waals surface area contributed by atoms with Gasteiger partial charge in [0, 0.05) is 36.6 Å². The van der Waals surface area contributed by atoms with Crippen molar-refractivity contribution in [1.82, 2.24) is 4.98 Å². The number of fused-ring (bicyclic) bond motifs is 1. The molecule has 112 valence electrons. The molecule has 1 aliphatic heterocycles. The maximum atomic E-state index is 9.20. The van der Waals surface area contributed by atoms with Gasteiger partial charge in [-0.3, -0.25) is 4.98 Å². The van der Waals surface area contributed by atoms with Crippen LogP contribution in [-0.2, 0) is 13.0 Å². The predicted octanol–water partition coefficient (Wildman–Crippen LogP) is 3.97. The summed E-state index contributed by atoms with van der Waals surface area (Å²) in [5, 5.41) is 12.6. The van der Waals surface area contributed by atoms with Crippen LogP contribution >= 0.6 is 0 Å². The Morgan fingerprint density at radius 3 is 2.91 bits per heavy atom. The summed E-state index contributed by atoms with van der Waals surface area (Å²) in [6.45, 7) is 2.40. The molecule has 0 fully saturated rings. The molecular weight excluding hydrogens is 276 g/mol. The molecule has 3 rings (SSSR count). The molecule has 2 heterocycles. The molecule has 1 aromatic carbocycles. The van der Waals surface area contributed by atoms with E-state index in [1.807, 2.05) is 24.3 Å². The standard InChI is InChI=1S/C18H18N2O2/c1-13(21)2-4-17-11-15-10-16(3-5-18(15)22-17)20-12-14-6-8-19-9-7-14/h2-10,20-21H,11-12H2,1H3/b13-2+,17-4+. The summed E-state index contributed by atoms with van der Waals surface area (Å²) >= 11 is 0. The maximum absolute atomic E-state index is 9.20. The van der Waals surface area contributed by atoms with Crippen molar-refractivity contribution >= 4 is 5.69 Å². The van der Waals surface area contributed by atoms with Gasteiger partial charge in [0.05, 0.1) is 5.76 Å². The molecule has 0 radical (unpaired) electrons. The molecule has 1 aromatic heterocycles. The number of allylic oxidation sites excluding steroid dienone is 4. The lowest BCUT2D eigenvalue weighted by molar-refractivity contribution is 0.412. The lowest BCUT2D eigenvalue weighted by atomic mass is 10.1. The Balaban J connectivity index is 1.68. The zero-order valence-electron chi connectivity index (χ0n) is 12.4. The van der Waals surface area contributed by atoms with Gasteiger partial charge in [0.2, 0.25) is 0 Å². The minimum atomic E-state index is 0.270. The molecule has 0 saturated heterocycles. The summed E-state index contributed by atoms with van der Waals surface area (Å²) < 4.78 is 5.74. The van der Waals surface area contributed by atoms with Crippen molar-refractivity contribution in [3.8, 4) is 5.75 Å². The molecule has 1 aliphatic rings. The molecule has 0 bridgehead atoms. The zero-order chi connectivity index (χ0) is 15.4. The van der Waals surface area contributed by atoms with Crippen LogP contribution in [0.15, 0.2) is 66.4 Å². The van der Waals surface area contributed by atoms with E-state index in [1.54, 1.807) is 31.5 Å². The van der Waals surface area contributed by atoms with Crippen molar-refractivity contribution in [1.29, 1.82) is 0 Å². The van der Waals surface area contributed by atoms with Crippen LogP contribution in [0.3, 0.4) is 0 Å². The van der Waals surface area contributed by atoms with Crippen LogP contribution in [0.2, 0.25) is 0 Å². The third-order valence-electron chi connectivity index (χ3n) is 3.42. The Labute approximate surface area is 129 Å². The van der Waals surface area contributed by atoms with Gasteiger partial charge >= 0.3 is 0 Å². The van der Waals surface area contributed by atoms with E-state index in [9.17, 15) is 5.11 Å². The summed E-state index contributed by atoms with van der Waals surface area (Å²) in [5.74, 6) is 1.99. The number of rotatable bonds is 4. The number of ether oxygens (including phenoxy) is 1. The number of hydrogen-bond donors (Lipinski definition) is 2. The van der Waals surface area contributed by atoms with Crippen LogP contribution in [0.5, 0.6) is 5.75 Å². The molecule has 22 heavy (non-hydrogen) atoms. The first-order valence-corrected chi connectivity index (χ1v) is 7.21. The van der Waals surface area contributed by atoms with E-state index < -0.39 is 0 Å². The summed E-state index contributed by atoms with van der Waals surface area (Å²) in [6, 6.07) is 10.1. The fourth-order valence-corrected chi connectivity index (χ4v) is 2.30. The van der Waals surface area contributed by atoms with E-state index in [0.717, 1.165) is 35.7 Å². The molecule has 2 aromatic rings.